The lowest BCUT2D eigenvalue weighted by Gasteiger charge is -2.40. The minimum absolute atomic E-state index is 0.000701. The number of urea groups is 2. The number of nitrogens with zero attached hydrogens (tertiary/aromatic N) is 4. The van der Waals surface area contributed by atoms with Crippen molar-refractivity contribution in [2.75, 3.05) is 26.2 Å². The van der Waals surface area contributed by atoms with E-state index in [1.165, 1.54) is 0 Å². The number of hydrogen-bond acceptors (Lipinski definition) is 4. The molecule has 0 bridgehead atoms. The van der Waals surface area contributed by atoms with Gasteiger partial charge in [-0.05, 0) is 50.3 Å². The van der Waals surface area contributed by atoms with Crippen molar-refractivity contribution >= 4 is 28.9 Å². The van der Waals surface area contributed by atoms with Crippen LogP contribution in [0.15, 0.2) is 42.6 Å². The molecule has 0 saturated carbocycles. The molecule has 3 aliphatic heterocycles. The Labute approximate surface area is 216 Å². The molecule has 10 heteroatoms. The Morgan fingerprint density at radius 1 is 1.11 bits per heavy atom. The molecule has 37 heavy (non-hydrogen) atoms. The number of amides is 5. The quantitative estimate of drug-likeness (QED) is 0.595. The van der Waals surface area contributed by atoms with Gasteiger partial charge in [-0.2, -0.15) is 5.10 Å². The number of piperidine rings is 1. The van der Waals surface area contributed by atoms with Crippen LogP contribution in [0.1, 0.15) is 50.3 Å². The van der Waals surface area contributed by atoms with Crippen LogP contribution in [0.3, 0.4) is 0 Å². The molecule has 1 fully saturated rings. The molecular formula is C27H35N7O3. The molecule has 3 aliphatic rings. The Morgan fingerprint density at radius 2 is 1.89 bits per heavy atom. The summed E-state index contributed by atoms with van der Waals surface area (Å²) in [5.74, 6) is -0.0972. The van der Waals surface area contributed by atoms with E-state index < -0.39 is 6.04 Å². The largest absolute Gasteiger partial charge is 0.335 e. The Balaban J connectivity index is 1.27. The smallest absolute Gasteiger partial charge is 0.318 e. The highest BCUT2D eigenvalue weighted by Crippen LogP contribution is 2.34. The first-order valence-corrected chi connectivity index (χ1v) is 13.1. The minimum atomic E-state index is -0.747. The summed E-state index contributed by atoms with van der Waals surface area (Å²) in [5.41, 5.74) is 2.75. The molecule has 3 N–H and O–H groups in total. The lowest BCUT2D eigenvalue weighted by molar-refractivity contribution is -0.136. The molecule has 1 saturated heterocycles. The number of carbonyl (C=O) groups excluding carboxylic acids is 3. The van der Waals surface area contributed by atoms with E-state index in [1.54, 1.807) is 16.0 Å². The van der Waals surface area contributed by atoms with Crippen LogP contribution in [-0.4, -0.2) is 81.1 Å². The Kier molecular flexibility index (Phi) is 7.16. The SMILES string of the molecule is CC(C)N1Cc2c(ccc3[nH]ncc23)C(NC(=O)N2CCC(N3CC/C=C\C=C/CNC3=O)CC2)C1=O. The first kappa shape index (κ1) is 24.9. The van der Waals surface area contributed by atoms with E-state index in [4.69, 9.17) is 0 Å². The summed E-state index contributed by atoms with van der Waals surface area (Å²) in [6, 6.07) is 2.84. The van der Waals surface area contributed by atoms with E-state index in [0.29, 0.717) is 45.6 Å². The fourth-order valence-corrected chi connectivity index (χ4v) is 5.49. The van der Waals surface area contributed by atoms with Gasteiger partial charge >= 0.3 is 12.1 Å². The van der Waals surface area contributed by atoms with E-state index in [2.05, 4.69) is 26.9 Å². The Morgan fingerprint density at radius 3 is 2.68 bits per heavy atom. The molecule has 0 radical (unpaired) electrons. The molecule has 0 spiro atoms. The predicted octanol–water partition coefficient (Wildman–Crippen LogP) is 3.06. The van der Waals surface area contributed by atoms with Crippen LogP contribution in [0.4, 0.5) is 9.59 Å². The van der Waals surface area contributed by atoms with Crippen molar-refractivity contribution in [3.8, 4) is 0 Å². The number of allylic oxidation sites excluding steroid dienone is 2. The molecule has 1 unspecified atom stereocenters. The van der Waals surface area contributed by atoms with Gasteiger partial charge < -0.3 is 25.3 Å². The highest BCUT2D eigenvalue weighted by atomic mass is 16.2. The summed E-state index contributed by atoms with van der Waals surface area (Å²) in [7, 11) is 0. The third kappa shape index (κ3) is 5.05. The van der Waals surface area contributed by atoms with E-state index in [-0.39, 0.29) is 30.1 Å². The van der Waals surface area contributed by atoms with Crippen molar-refractivity contribution in [2.45, 2.75) is 57.8 Å². The monoisotopic (exact) mass is 505 g/mol. The number of H-pyrrole nitrogens is 1. The van der Waals surface area contributed by atoms with Crippen LogP contribution in [-0.2, 0) is 11.3 Å². The van der Waals surface area contributed by atoms with Crippen LogP contribution in [0.25, 0.3) is 10.9 Å². The fraction of sp³-hybridized carbons (Fsp3) is 0.481. The lowest BCUT2D eigenvalue weighted by Crippen LogP contribution is -2.55. The summed E-state index contributed by atoms with van der Waals surface area (Å²) >= 11 is 0. The van der Waals surface area contributed by atoms with Gasteiger partial charge in [-0.15, -0.1) is 0 Å². The second kappa shape index (κ2) is 10.7. The van der Waals surface area contributed by atoms with Crippen molar-refractivity contribution in [3.63, 3.8) is 0 Å². The molecule has 2 aromatic rings. The van der Waals surface area contributed by atoms with Crippen molar-refractivity contribution in [3.05, 3.63) is 53.8 Å². The second-order valence-electron chi connectivity index (χ2n) is 10.1. The molecule has 10 nitrogen and oxygen atoms in total. The van der Waals surface area contributed by atoms with Crippen LogP contribution in [0, 0.1) is 0 Å². The maximum absolute atomic E-state index is 13.4. The molecule has 4 heterocycles. The third-order valence-electron chi connectivity index (χ3n) is 7.58. The average Bonchev–Trinajstić information content (AvgIpc) is 3.38. The van der Waals surface area contributed by atoms with Crippen molar-refractivity contribution in [2.24, 2.45) is 0 Å². The van der Waals surface area contributed by atoms with Gasteiger partial charge in [-0.25, -0.2) is 9.59 Å². The highest BCUT2D eigenvalue weighted by molar-refractivity contribution is 5.94. The maximum Gasteiger partial charge on any atom is 0.318 e. The van der Waals surface area contributed by atoms with Gasteiger partial charge in [0, 0.05) is 50.2 Å². The van der Waals surface area contributed by atoms with E-state index in [0.717, 1.165) is 28.5 Å². The highest BCUT2D eigenvalue weighted by Gasteiger charge is 2.38. The second-order valence-corrected chi connectivity index (χ2v) is 10.1. The number of nitrogens with one attached hydrogen (secondary N) is 3. The first-order chi connectivity index (χ1) is 17.9. The average molecular weight is 506 g/mol. The molecule has 5 amide bonds. The topological polar surface area (TPSA) is 114 Å². The zero-order valence-corrected chi connectivity index (χ0v) is 21.4. The van der Waals surface area contributed by atoms with Gasteiger partial charge in [0.05, 0.1) is 11.7 Å². The number of benzene rings is 1. The van der Waals surface area contributed by atoms with Crippen LogP contribution < -0.4 is 10.6 Å². The Bertz CT molecular complexity index is 1230. The van der Waals surface area contributed by atoms with E-state index >= 15 is 0 Å². The summed E-state index contributed by atoms with van der Waals surface area (Å²) < 4.78 is 0. The van der Waals surface area contributed by atoms with Crippen molar-refractivity contribution in [1.29, 1.82) is 0 Å². The van der Waals surface area contributed by atoms with Crippen LogP contribution in [0.5, 0.6) is 0 Å². The minimum Gasteiger partial charge on any atom is -0.335 e. The maximum atomic E-state index is 13.4. The summed E-state index contributed by atoms with van der Waals surface area (Å²) in [6.07, 6.45) is 11.9. The lowest BCUT2D eigenvalue weighted by atomic mass is 9.91. The molecule has 1 atom stereocenters. The van der Waals surface area contributed by atoms with E-state index in [9.17, 15) is 14.4 Å². The summed E-state index contributed by atoms with van der Waals surface area (Å²) in [4.78, 5) is 45.0. The number of aromatic nitrogens is 2. The number of hydrogen-bond donors (Lipinski definition) is 3. The zero-order chi connectivity index (χ0) is 25.9. The number of fused-ring (bicyclic) bond motifs is 3. The fourth-order valence-electron chi connectivity index (χ4n) is 5.49. The van der Waals surface area contributed by atoms with Gasteiger partial charge in [-0.1, -0.05) is 30.4 Å². The standard InChI is InChI=1S/C27H35N7O3/c1-18(2)34-17-22-20(8-9-23-21(22)16-29-31-23)24(25(34)35)30-27(37)32-14-10-19(11-15-32)33-13-7-5-3-4-6-12-28-26(33)36/h3-6,8-9,16,18-19,24H,7,10-15,17H2,1-2H3,(H,28,36)(H,29,31)(H,30,37)/b5-3-,6-4-. The normalized spacial score (nSPS) is 23.1. The van der Waals surface area contributed by atoms with Crippen molar-refractivity contribution in [1.82, 2.24) is 35.5 Å². The third-order valence-corrected chi connectivity index (χ3v) is 7.58. The number of likely N-dealkylation sites (tertiary alicyclic amines) is 1. The molecule has 0 aliphatic carbocycles. The van der Waals surface area contributed by atoms with Gasteiger partial charge in [0.15, 0.2) is 0 Å². The van der Waals surface area contributed by atoms with Gasteiger partial charge in [0.1, 0.15) is 6.04 Å². The number of rotatable bonds is 3. The summed E-state index contributed by atoms with van der Waals surface area (Å²) in [5, 5.41) is 14.1. The molecular weight excluding hydrogens is 470 g/mol. The van der Waals surface area contributed by atoms with Crippen molar-refractivity contribution < 1.29 is 14.4 Å². The summed E-state index contributed by atoms with van der Waals surface area (Å²) in [6.45, 7) is 6.65. The first-order valence-electron chi connectivity index (χ1n) is 13.1. The number of carbonyl (C=O) groups is 3. The molecule has 1 aromatic carbocycles. The van der Waals surface area contributed by atoms with Gasteiger partial charge in [0.2, 0.25) is 5.91 Å². The van der Waals surface area contributed by atoms with Gasteiger partial charge in [-0.3, -0.25) is 9.89 Å². The molecule has 1 aromatic heterocycles. The molecule has 5 rings (SSSR count). The van der Waals surface area contributed by atoms with Crippen LogP contribution >= 0.6 is 0 Å². The zero-order valence-electron chi connectivity index (χ0n) is 21.4. The molecule has 196 valence electrons. The number of aromatic amines is 1. The predicted molar refractivity (Wildman–Crippen MR) is 141 cm³/mol. The Hall–Kier alpha value is -3.82. The van der Waals surface area contributed by atoms with E-state index in [1.807, 2.05) is 49.1 Å². The van der Waals surface area contributed by atoms with Crippen LogP contribution in [0.2, 0.25) is 0 Å². The van der Waals surface area contributed by atoms with Gasteiger partial charge in [0.25, 0.3) is 0 Å².